The van der Waals surface area contributed by atoms with Gasteiger partial charge < -0.3 is 4.90 Å². The SMILES string of the molecule is CCCCCCN1CCN=C1c1ccc2nc(CCC)n(-c3cccc(-c4ccccc4-c4nnn[nH]4)c3C)c2c1. The minimum Gasteiger partial charge on any atom is -0.355 e. The Labute approximate surface area is 241 Å². The molecule has 0 saturated heterocycles. The molecule has 0 unspecified atom stereocenters. The van der Waals surface area contributed by atoms with Gasteiger partial charge in [-0.2, -0.15) is 0 Å². The monoisotopic (exact) mass is 546 g/mol. The van der Waals surface area contributed by atoms with Gasteiger partial charge in [0.25, 0.3) is 0 Å². The Morgan fingerprint density at radius 1 is 0.878 bits per heavy atom. The first kappa shape index (κ1) is 26.9. The van der Waals surface area contributed by atoms with Gasteiger partial charge in [-0.05, 0) is 71.1 Å². The standard InChI is InChI=1S/C33H38N8/c1-4-6-7-10-20-40-21-19-34-33(40)24-17-18-28-30(22-24)41(31(35-28)12-5-2)29-16-11-15-25(23(29)3)26-13-8-9-14-27(26)32-36-38-39-37-32/h8-9,11,13-18,22H,4-7,10,12,19-21H2,1-3H3,(H,36,37,38,39). The van der Waals surface area contributed by atoms with E-state index < -0.39 is 0 Å². The van der Waals surface area contributed by atoms with Crippen molar-refractivity contribution in [1.29, 1.82) is 0 Å². The summed E-state index contributed by atoms with van der Waals surface area (Å²) < 4.78 is 2.36. The van der Waals surface area contributed by atoms with E-state index >= 15 is 0 Å². The topological polar surface area (TPSA) is 87.9 Å². The van der Waals surface area contributed by atoms with Crippen molar-refractivity contribution in [3.63, 3.8) is 0 Å². The number of nitrogens with one attached hydrogen (secondary N) is 1. The van der Waals surface area contributed by atoms with Gasteiger partial charge in [-0.3, -0.25) is 9.56 Å². The molecular weight excluding hydrogens is 508 g/mol. The van der Waals surface area contributed by atoms with E-state index in [0.29, 0.717) is 5.82 Å². The Balaban J connectivity index is 1.44. The molecule has 3 aromatic carbocycles. The van der Waals surface area contributed by atoms with Crippen LogP contribution in [-0.2, 0) is 6.42 Å². The number of nitrogens with zero attached hydrogens (tertiary/aromatic N) is 7. The quantitative estimate of drug-likeness (QED) is 0.185. The van der Waals surface area contributed by atoms with E-state index in [9.17, 15) is 0 Å². The number of aromatic amines is 1. The van der Waals surface area contributed by atoms with Gasteiger partial charge >= 0.3 is 0 Å². The third-order valence-electron chi connectivity index (χ3n) is 8.03. The molecule has 0 radical (unpaired) electrons. The number of H-pyrrole nitrogens is 1. The van der Waals surface area contributed by atoms with Gasteiger partial charge in [0.1, 0.15) is 11.7 Å². The van der Waals surface area contributed by atoms with Crippen molar-refractivity contribution in [2.75, 3.05) is 19.6 Å². The second-order valence-electron chi connectivity index (χ2n) is 10.8. The minimum absolute atomic E-state index is 0.659. The van der Waals surface area contributed by atoms with E-state index in [1.165, 1.54) is 36.8 Å². The van der Waals surface area contributed by atoms with Gasteiger partial charge in [-0.25, -0.2) is 10.1 Å². The average molecular weight is 547 g/mol. The minimum atomic E-state index is 0.659. The summed E-state index contributed by atoms with van der Waals surface area (Å²) in [5.41, 5.74) is 8.85. The largest absolute Gasteiger partial charge is 0.355 e. The maximum Gasteiger partial charge on any atom is 0.180 e. The van der Waals surface area contributed by atoms with Crippen molar-refractivity contribution in [1.82, 2.24) is 35.1 Å². The number of unbranched alkanes of at least 4 members (excludes halogenated alkanes) is 3. The summed E-state index contributed by atoms with van der Waals surface area (Å²) in [5.74, 6) is 2.86. The molecule has 1 aliphatic heterocycles. The van der Waals surface area contributed by atoms with Gasteiger partial charge in [-0.15, -0.1) is 5.10 Å². The van der Waals surface area contributed by atoms with Crippen LogP contribution in [0.1, 0.15) is 62.9 Å². The van der Waals surface area contributed by atoms with Crippen LogP contribution in [0, 0.1) is 6.92 Å². The molecule has 3 heterocycles. The van der Waals surface area contributed by atoms with Crippen molar-refractivity contribution >= 4 is 16.9 Å². The number of fused-ring (bicyclic) bond motifs is 1. The zero-order chi connectivity index (χ0) is 28.2. The first-order valence-electron chi connectivity index (χ1n) is 14.9. The lowest BCUT2D eigenvalue weighted by Gasteiger charge is -2.21. The summed E-state index contributed by atoms with van der Waals surface area (Å²) in [6.07, 6.45) is 6.96. The molecule has 0 atom stereocenters. The molecule has 41 heavy (non-hydrogen) atoms. The molecule has 1 aliphatic rings. The molecule has 2 aromatic heterocycles. The van der Waals surface area contributed by atoms with Crippen LogP contribution < -0.4 is 0 Å². The second-order valence-corrected chi connectivity index (χ2v) is 10.8. The molecule has 0 bridgehead atoms. The fourth-order valence-corrected chi connectivity index (χ4v) is 5.98. The zero-order valence-electron chi connectivity index (χ0n) is 24.3. The van der Waals surface area contributed by atoms with Crippen LogP contribution in [0.15, 0.2) is 65.7 Å². The fourth-order valence-electron chi connectivity index (χ4n) is 5.98. The number of aliphatic imine (C=N–C) groups is 1. The van der Waals surface area contributed by atoms with Crippen LogP contribution in [0.5, 0.6) is 0 Å². The van der Waals surface area contributed by atoms with Crippen LogP contribution >= 0.6 is 0 Å². The summed E-state index contributed by atoms with van der Waals surface area (Å²) in [7, 11) is 0. The Morgan fingerprint density at radius 2 is 1.73 bits per heavy atom. The predicted octanol–water partition coefficient (Wildman–Crippen LogP) is 6.78. The summed E-state index contributed by atoms with van der Waals surface area (Å²) in [5, 5.41) is 14.7. The van der Waals surface area contributed by atoms with Gasteiger partial charge in [0, 0.05) is 30.6 Å². The Morgan fingerprint density at radius 3 is 2.54 bits per heavy atom. The number of aromatic nitrogens is 6. The zero-order valence-corrected chi connectivity index (χ0v) is 24.3. The predicted molar refractivity (Wildman–Crippen MR) is 166 cm³/mol. The van der Waals surface area contributed by atoms with E-state index in [2.05, 4.69) is 105 Å². The number of tetrazole rings is 1. The van der Waals surface area contributed by atoms with Crippen molar-refractivity contribution < 1.29 is 0 Å². The summed E-state index contributed by atoms with van der Waals surface area (Å²) in [6, 6.07) is 21.5. The second kappa shape index (κ2) is 12.0. The highest BCUT2D eigenvalue weighted by Crippen LogP contribution is 2.36. The highest BCUT2D eigenvalue weighted by atomic mass is 15.5. The number of aryl methyl sites for hydroxylation is 1. The van der Waals surface area contributed by atoms with Crippen molar-refractivity contribution in [2.45, 2.75) is 59.3 Å². The Kier molecular flexibility index (Phi) is 7.89. The van der Waals surface area contributed by atoms with Crippen LogP contribution in [0.3, 0.4) is 0 Å². The van der Waals surface area contributed by atoms with Gasteiger partial charge in [0.15, 0.2) is 5.82 Å². The maximum absolute atomic E-state index is 5.12. The fraction of sp³-hybridized carbons (Fsp3) is 0.364. The maximum atomic E-state index is 5.12. The molecule has 0 fully saturated rings. The molecule has 0 spiro atoms. The number of hydrogen-bond donors (Lipinski definition) is 1. The Hall–Kier alpha value is -4.33. The normalized spacial score (nSPS) is 13.3. The molecule has 1 N–H and O–H groups in total. The number of hydrogen-bond acceptors (Lipinski definition) is 6. The van der Waals surface area contributed by atoms with Gasteiger partial charge in [0.05, 0.1) is 23.3 Å². The molecule has 5 aromatic rings. The summed E-state index contributed by atoms with van der Waals surface area (Å²) in [4.78, 5) is 12.5. The highest BCUT2D eigenvalue weighted by molar-refractivity contribution is 6.02. The molecule has 0 saturated carbocycles. The molecule has 210 valence electrons. The van der Waals surface area contributed by atoms with E-state index in [1.54, 1.807) is 0 Å². The van der Waals surface area contributed by atoms with E-state index in [-0.39, 0.29) is 0 Å². The molecular formula is C33H38N8. The molecule has 8 nitrogen and oxygen atoms in total. The van der Waals surface area contributed by atoms with Crippen LogP contribution in [0.2, 0.25) is 0 Å². The number of benzene rings is 3. The molecule has 8 heteroatoms. The number of rotatable bonds is 11. The smallest absolute Gasteiger partial charge is 0.180 e. The Bertz CT molecular complexity index is 1660. The number of imidazole rings is 1. The number of amidine groups is 1. The third-order valence-corrected chi connectivity index (χ3v) is 8.03. The third kappa shape index (κ3) is 5.26. The lowest BCUT2D eigenvalue weighted by Crippen LogP contribution is -2.29. The molecule has 6 rings (SSSR count). The molecule has 0 amide bonds. The van der Waals surface area contributed by atoms with Crippen LogP contribution in [-0.4, -0.2) is 60.5 Å². The van der Waals surface area contributed by atoms with E-state index in [4.69, 9.17) is 9.98 Å². The first-order valence-corrected chi connectivity index (χ1v) is 14.9. The summed E-state index contributed by atoms with van der Waals surface area (Å²) >= 11 is 0. The lowest BCUT2D eigenvalue weighted by atomic mass is 9.94. The highest BCUT2D eigenvalue weighted by Gasteiger charge is 2.22. The van der Waals surface area contributed by atoms with Crippen molar-refractivity contribution in [2.24, 2.45) is 4.99 Å². The first-order chi connectivity index (χ1) is 20.2. The summed E-state index contributed by atoms with van der Waals surface area (Å²) in [6.45, 7) is 9.61. The van der Waals surface area contributed by atoms with E-state index in [1.807, 2.05) is 6.07 Å². The average Bonchev–Trinajstić information content (AvgIpc) is 3.76. The van der Waals surface area contributed by atoms with Gasteiger partial charge in [-0.1, -0.05) is 69.5 Å². The van der Waals surface area contributed by atoms with Crippen LogP contribution in [0.4, 0.5) is 0 Å². The van der Waals surface area contributed by atoms with E-state index in [0.717, 1.165) is 77.5 Å². The van der Waals surface area contributed by atoms with Crippen LogP contribution in [0.25, 0.3) is 39.2 Å². The van der Waals surface area contributed by atoms with Crippen molar-refractivity contribution in [3.05, 3.63) is 77.6 Å². The van der Waals surface area contributed by atoms with Gasteiger partial charge in [0.2, 0.25) is 0 Å². The molecule has 0 aliphatic carbocycles. The lowest BCUT2D eigenvalue weighted by molar-refractivity contribution is 0.434. The van der Waals surface area contributed by atoms with Crippen molar-refractivity contribution in [3.8, 4) is 28.2 Å².